The Morgan fingerprint density at radius 3 is 2.64 bits per heavy atom. The lowest BCUT2D eigenvalue weighted by molar-refractivity contribution is -0.137. The summed E-state index contributed by atoms with van der Waals surface area (Å²) in [6.45, 7) is 0.539. The maximum atomic E-state index is 12.9. The third-order valence-electron chi connectivity index (χ3n) is 5.55. The van der Waals surface area contributed by atoms with E-state index in [2.05, 4.69) is 20.4 Å². The van der Waals surface area contributed by atoms with E-state index in [1.807, 2.05) is 18.2 Å². The zero-order chi connectivity index (χ0) is 25.4. The van der Waals surface area contributed by atoms with Gasteiger partial charge >= 0.3 is 6.18 Å². The number of halogens is 4. The lowest BCUT2D eigenvalue weighted by Crippen LogP contribution is -2.14. The van der Waals surface area contributed by atoms with E-state index < -0.39 is 11.7 Å². The van der Waals surface area contributed by atoms with Crippen molar-refractivity contribution < 1.29 is 13.2 Å². The van der Waals surface area contributed by atoms with Crippen LogP contribution in [0.4, 0.5) is 24.8 Å². The Hall–Kier alpha value is -4.12. The summed E-state index contributed by atoms with van der Waals surface area (Å²) < 4.78 is 41.7. The van der Waals surface area contributed by atoms with Gasteiger partial charge in [-0.2, -0.15) is 18.3 Å². The van der Waals surface area contributed by atoms with Crippen molar-refractivity contribution in [3.05, 3.63) is 71.8 Å². The van der Waals surface area contributed by atoms with Crippen molar-refractivity contribution >= 4 is 34.1 Å². The van der Waals surface area contributed by atoms with E-state index in [4.69, 9.17) is 22.3 Å². The smallest absolute Gasteiger partial charge is 0.381 e. The van der Waals surface area contributed by atoms with Gasteiger partial charge in [-0.3, -0.25) is 9.67 Å². The Morgan fingerprint density at radius 1 is 1.08 bits per heavy atom. The van der Waals surface area contributed by atoms with Gasteiger partial charge in [0.2, 0.25) is 0 Å². The fraction of sp³-hybridized carbons (Fsp3) is 0.167. The lowest BCUT2D eigenvalue weighted by Gasteiger charge is -2.14. The van der Waals surface area contributed by atoms with Crippen LogP contribution in [0.2, 0.25) is 5.02 Å². The van der Waals surface area contributed by atoms with Crippen LogP contribution >= 0.6 is 11.6 Å². The van der Waals surface area contributed by atoms with Crippen LogP contribution in [0.25, 0.3) is 33.5 Å². The van der Waals surface area contributed by atoms with Gasteiger partial charge in [-0.1, -0.05) is 17.7 Å². The number of hydrogen-bond donors (Lipinski definition) is 2. The summed E-state index contributed by atoms with van der Waals surface area (Å²) in [4.78, 5) is 13.6. The summed E-state index contributed by atoms with van der Waals surface area (Å²) in [6.07, 6.45) is 1.49. The maximum absolute atomic E-state index is 12.9. The average molecular weight is 513 g/mol. The number of aromatic nitrogens is 6. The fourth-order valence-corrected chi connectivity index (χ4v) is 4.11. The molecule has 0 saturated heterocycles. The van der Waals surface area contributed by atoms with Crippen molar-refractivity contribution in [2.45, 2.75) is 12.7 Å². The molecule has 1 aromatic carbocycles. The number of rotatable bonds is 6. The number of nitrogen functional groups attached to an aromatic ring is 1. The van der Waals surface area contributed by atoms with E-state index in [-0.39, 0.29) is 18.9 Å². The Balaban J connectivity index is 1.50. The van der Waals surface area contributed by atoms with Crippen LogP contribution in [0, 0.1) is 0 Å². The standard InChI is InChI=1S/C24H20ClF3N8/c1-35-8-5-18(34-35)21-20(15-11-14-3-2-6-30-19(14)17(25)12-15)33-23(22(29)32-21)31-7-10-36-9-4-16(13-36)24(26,27)28/h2-6,8-9,11-13H,7,10H2,1H3,(H2,29,32)(H,31,33). The van der Waals surface area contributed by atoms with E-state index in [0.717, 1.165) is 17.6 Å². The molecule has 0 amide bonds. The number of aryl methyl sites for hydroxylation is 1. The molecule has 0 radical (unpaired) electrons. The number of benzene rings is 1. The first-order chi connectivity index (χ1) is 17.2. The van der Waals surface area contributed by atoms with Crippen molar-refractivity contribution in [1.29, 1.82) is 0 Å². The van der Waals surface area contributed by atoms with Gasteiger partial charge in [0.05, 0.1) is 16.1 Å². The molecule has 0 aliphatic rings. The minimum Gasteiger partial charge on any atom is -0.381 e. The molecule has 12 heteroatoms. The molecule has 5 aromatic rings. The molecule has 0 spiro atoms. The molecule has 4 aromatic heterocycles. The van der Waals surface area contributed by atoms with Crippen LogP contribution in [0.15, 0.2) is 61.2 Å². The number of hydrogen-bond acceptors (Lipinski definition) is 6. The summed E-state index contributed by atoms with van der Waals surface area (Å²) in [5, 5.41) is 8.81. The topological polar surface area (TPSA) is 99.5 Å². The number of nitrogens with zero attached hydrogens (tertiary/aromatic N) is 6. The zero-order valence-electron chi connectivity index (χ0n) is 19.0. The first-order valence-corrected chi connectivity index (χ1v) is 11.3. The highest BCUT2D eigenvalue weighted by molar-refractivity contribution is 6.35. The van der Waals surface area contributed by atoms with Crippen LogP contribution in [-0.4, -0.2) is 35.8 Å². The van der Waals surface area contributed by atoms with Crippen LogP contribution in [-0.2, 0) is 19.8 Å². The predicted octanol–water partition coefficient (Wildman–Crippen LogP) is 5.26. The Bertz CT molecular complexity index is 1560. The van der Waals surface area contributed by atoms with Crippen molar-refractivity contribution in [3.8, 4) is 22.6 Å². The molecule has 0 fully saturated rings. The molecular formula is C24H20ClF3N8. The third kappa shape index (κ3) is 4.69. The summed E-state index contributed by atoms with van der Waals surface area (Å²) in [6, 6.07) is 10.2. The molecular weight excluding hydrogens is 493 g/mol. The number of alkyl halides is 3. The van der Waals surface area contributed by atoms with Gasteiger partial charge in [-0.15, -0.1) is 0 Å². The van der Waals surface area contributed by atoms with E-state index in [1.165, 1.54) is 10.8 Å². The third-order valence-corrected chi connectivity index (χ3v) is 5.84. The number of fused-ring (bicyclic) bond motifs is 1. The second-order valence-electron chi connectivity index (χ2n) is 8.13. The normalized spacial score (nSPS) is 11.8. The van der Waals surface area contributed by atoms with Gasteiger partial charge in [-0.25, -0.2) is 9.97 Å². The predicted molar refractivity (Wildman–Crippen MR) is 132 cm³/mol. The van der Waals surface area contributed by atoms with Crippen molar-refractivity contribution in [3.63, 3.8) is 0 Å². The Labute approximate surface area is 208 Å². The Kier molecular flexibility index (Phi) is 6.00. The molecule has 5 rings (SSSR count). The molecule has 36 heavy (non-hydrogen) atoms. The van der Waals surface area contributed by atoms with E-state index in [0.29, 0.717) is 39.0 Å². The highest BCUT2D eigenvalue weighted by atomic mass is 35.5. The van der Waals surface area contributed by atoms with Crippen LogP contribution in [0.5, 0.6) is 0 Å². The van der Waals surface area contributed by atoms with Crippen LogP contribution in [0.1, 0.15) is 5.56 Å². The zero-order valence-corrected chi connectivity index (χ0v) is 19.7. The number of nitrogens with two attached hydrogens (primary N) is 1. The molecule has 8 nitrogen and oxygen atoms in total. The molecule has 0 aliphatic heterocycles. The second kappa shape index (κ2) is 9.15. The van der Waals surface area contributed by atoms with Crippen LogP contribution in [0.3, 0.4) is 0 Å². The van der Waals surface area contributed by atoms with E-state index >= 15 is 0 Å². The highest BCUT2D eigenvalue weighted by Gasteiger charge is 2.31. The number of nitrogens with one attached hydrogen (secondary N) is 1. The first kappa shape index (κ1) is 23.6. The molecule has 0 atom stereocenters. The second-order valence-corrected chi connectivity index (χ2v) is 8.53. The van der Waals surface area contributed by atoms with Gasteiger partial charge in [0.15, 0.2) is 11.6 Å². The average Bonchev–Trinajstić information content (AvgIpc) is 3.49. The molecule has 3 N–H and O–H groups in total. The lowest BCUT2D eigenvalue weighted by atomic mass is 10.0. The summed E-state index contributed by atoms with van der Waals surface area (Å²) in [5.74, 6) is 0.437. The molecule has 184 valence electrons. The van der Waals surface area contributed by atoms with Gasteiger partial charge in [0.1, 0.15) is 17.1 Å². The summed E-state index contributed by atoms with van der Waals surface area (Å²) >= 11 is 6.52. The van der Waals surface area contributed by atoms with Crippen molar-refractivity contribution in [2.75, 3.05) is 17.6 Å². The number of anilines is 2. The van der Waals surface area contributed by atoms with Crippen molar-refractivity contribution in [1.82, 2.24) is 29.3 Å². The Morgan fingerprint density at radius 2 is 1.92 bits per heavy atom. The number of pyridine rings is 1. The fourth-order valence-electron chi connectivity index (χ4n) is 3.84. The van der Waals surface area contributed by atoms with E-state index in [1.54, 1.807) is 36.3 Å². The first-order valence-electron chi connectivity index (χ1n) is 10.9. The summed E-state index contributed by atoms with van der Waals surface area (Å²) in [5.41, 5.74) is 8.41. The SMILES string of the molecule is Cn1ccc(-c2nc(N)c(NCCn3ccc(C(F)(F)F)c3)nc2-c2cc(Cl)c3ncccc3c2)n1. The molecule has 0 saturated carbocycles. The largest absolute Gasteiger partial charge is 0.417 e. The van der Waals surface area contributed by atoms with Crippen LogP contribution < -0.4 is 11.1 Å². The quantitative estimate of drug-likeness (QED) is 0.322. The van der Waals surface area contributed by atoms with Gasteiger partial charge < -0.3 is 15.6 Å². The highest BCUT2D eigenvalue weighted by Crippen LogP contribution is 2.35. The minimum atomic E-state index is -4.39. The maximum Gasteiger partial charge on any atom is 0.417 e. The monoisotopic (exact) mass is 512 g/mol. The molecule has 0 bridgehead atoms. The van der Waals surface area contributed by atoms with Gasteiger partial charge in [0.25, 0.3) is 0 Å². The van der Waals surface area contributed by atoms with E-state index in [9.17, 15) is 13.2 Å². The molecule has 4 heterocycles. The molecule has 0 aliphatic carbocycles. The van der Waals surface area contributed by atoms with Crippen molar-refractivity contribution in [2.24, 2.45) is 7.05 Å². The van der Waals surface area contributed by atoms with Gasteiger partial charge in [0, 0.05) is 55.9 Å². The van der Waals surface area contributed by atoms with Gasteiger partial charge in [-0.05, 0) is 30.3 Å². The summed E-state index contributed by atoms with van der Waals surface area (Å²) in [7, 11) is 1.79. The molecule has 0 unspecified atom stereocenters. The minimum absolute atomic E-state index is 0.136.